The second-order valence-electron chi connectivity index (χ2n) is 3.70. The molecule has 1 aromatic heterocycles. The van der Waals surface area contributed by atoms with Gasteiger partial charge in [0.25, 0.3) is 17.0 Å². The molecule has 0 radical (unpaired) electrons. The van der Waals surface area contributed by atoms with Gasteiger partial charge in [-0.2, -0.15) is 9.67 Å². The largest absolute Gasteiger partial charge is 0.279 e. The lowest BCUT2D eigenvalue weighted by Crippen LogP contribution is -2.33. The fraction of sp³-hybridized carbons (Fsp3) is 0.0909. The van der Waals surface area contributed by atoms with Gasteiger partial charge in [-0.1, -0.05) is 23.9 Å². The molecule has 0 saturated carbocycles. The highest BCUT2D eigenvalue weighted by molar-refractivity contribution is 8.14. The van der Waals surface area contributed by atoms with Crippen LogP contribution in [0.3, 0.4) is 0 Å². The maximum Gasteiger partial charge on any atom is 0.279 e. The summed E-state index contributed by atoms with van der Waals surface area (Å²) in [6, 6.07) is 6.52. The van der Waals surface area contributed by atoms with Gasteiger partial charge in [0.2, 0.25) is 0 Å². The number of aliphatic imine (C=N–C) groups is 1. The van der Waals surface area contributed by atoms with Crippen molar-refractivity contribution in [2.24, 2.45) is 4.99 Å². The van der Waals surface area contributed by atoms with Crippen molar-refractivity contribution in [2.45, 2.75) is 0 Å². The Hall–Kier alpha value is -2.15. The van der Waals surface area contributed by atoms with Crippen LogP contribution in [-0.4, -0.2) is 26.6 Å². The molecule has 1 aliphatic rings. The Morgan fingerprint density at radius 3 is 2.56 bits per heavy atom. The summed E-state index contributed by atoms with van der Waals surface area (Å²) in [5, 5.41) is 3.28. The molecule has 18 heavy (non-hydrogen) atoms. The molecule has 2 heterocycles. The number of aromatic amines is 1. The third kappa shape index (κ3) is 1.60. The van der Waals surface area contributed by atoms with Crippen LogP contribution in [0.4, 0.5) is 0 Å². The van der Waals surface area contributed by atoms with Gasteiger partial charge in [-0.3, -0.25) is 19.5 Å². The van der Waals surface area contributed by atoms with E-state index in [1.807, 2.05) is 0 Å². The van der Waals surface area contributed by atoms with Crippen molar-refractivity contribution in [2.75, 3.05) is 5.75 Å². The molecule has 0 atom stereocenters. The number of H-pyrrole nitrogens is 1. The molecule has 3 rings (SSSR count). The second-order valence-corrected chi connectivity index (χ2v) is 4.65. The fourth-order valence-corrected chi connectivity index (χ4v) is 2.49. The molecule has 1 amide bonds. The summed E-state index contributed by atoms with van der Waals surface area (Å²) < 4.78 is 1.03. The van der Waals surface area contributed by atoms with E-state index in [2.05, 4.69) is 10.1 Å². The van der Waals surface area contributed by atoms with Crippen molar-refractivity contribution < 1.29 is 4.79 Å². The number of aromatic nitrogens is 2. The molecule has 0 fully saturated rings. The number of hydrogen-bond acceptors (Lipinski definition) is 4. The van der Waals surface area contributed by atoms with Crippen LogP contribution in [0.5, 0.6) is 0 Å². The molecule has 0 unspecified atom stereocenters. The van der Waals surface area contributed by atoms with E-state index in [1.54, 1.807) is 24.3 Å². The van der Waals surface area contributed by atoms with Crippen molar-refractivity contribution >= 4 is 33.6 Å². The minimum Gasteiger partial charge on any atom is -0.272 e. The summed E-state index contributed by atoms with van der Waals surface area (Å²) in [4.78, 5) is 38.8. The van der Waals surface area contributed by atoms with Crippen LogP contribution < -0.4 is 11.1 Å². The first-order valence-corrected chi connectivity index (χ1v) is 6.14. The van der Waals surface area contributed by atoms with Gasteiger partial charge in [0.1, 0.15) is 0 Å². The number of amides is 1. The van der Waals surface area contributed by atoms with Crippen molar-refractivity contribution in [1.82, 2.24) is 9.78 Å². The monoisotopic (exact) mass is 261 g/mol. The Balaban J connectivity index is 2.36. The van der Waals surface area contributed by atoms with E-state index in [1.165, 1.54) is 0 Å². The number of rotatable bonds is 0. The van der Waals surface area contributed by atoms with Crippen molar-refractivity contribution in [1.29, 1.82) is 0 Å². The maximum atomic E-state index is 12.2. The minimum atomic E-state index is -0.383. The number of carbonyl (C=O) groups excluding carboxylic acids is 1. The predicted octanol–water partition coefficient (Wildman–Crippen LogP) is 0.167. The first kappa shape index (κ1) is 11.0. The summed E-state index contributed by atoms with van der Waals surface area (Å²) in [6.07, 6.45) is 0. The zero-order valence-electron chi connectivity index (χ0n) is 9.04. The highest BCUT2D eigenvalue weighted by Crippen LogP contribution is 2.13. The SMILES string of the molecule is O=C1CSC(n2[nH]c(=O)c3ccccc3c2=O)=N1. The third-order valence-electron chi connectivity index (χ3n) is 2.55. The molecule has 2 aromatic rings. The fourth-order valence-electron chi connectivity index (χ4n) is 1.75. The molecule has 1 N–H and O–H groups in total. The molecule has 0 saturated heterocycles. The minimum absolute atomic E-state index is 0.191. The van der Waals surface area contributed by atoms with Crippen LogP contribution in [0.1, 0.15) is 0 Å². The third-order valence-corrected chi connectivity index (χ3v) is 3.48. The zero-order chi connectivity index (χ0) is 12.7. The summed E-state index contributed by atoms with van der Waals surface area (Å²) in [5.41, 5.74) is -0.765. The second kappa shape index (κ2) is 3.95. The number of nitrogens with zero attached hydrogens (tertiary/aromatic N) is 2. The summed E-state index contributed by atoms with van der Waals surface area (Å²) in [5.74, 6) is -0.118. The predicted molar refractivity (Wildman–Crippen MR) is 69.1 cm³/mol. The number of nitrogens with one attached hydrogen (secondary N) is 1. The molecular weight excluding hydrogens is 254 g/mol. The van der Waals surface area contributed by atoms with E-state index < -0.39 is 0 Å². The molecular formula is C11H7N3O3S. The van der Waals surface area contributed by atoms with Gasteiger partial charge in [-0.25, -0.2) is 0 Å². The quantitative estimate of drug-likeness (QED) is 0.732. The zero-order valence-corrected chi connectivity index (χ0v) is 9.86. The lowest BCUT2D eigenvalue weighted by molar-refractivity contribution is -0.115. The number of hydrogen-bond donors (Lipinski definition) is 1. The van der Waals surface area contributed by atoms with E-state index >= 15 is 0 Å². The number of fused-ring (bicyclic) bond motifs is 1. The van der Waals surface area contributed by atoms with Gasteiger partial charge in [0.15, 0.2) is 5.17 Å². The summed E-state index contributed by atoms with van der Waals surface area (Å²) in [6.45, 7) is 0. The molecule has 0 spiro atoms. The Kier molecular flexibility index (Phi) is 2.41. The molecule has 0 bridgehead atoms. The van der Waals surface area contributed by atoms with Crippen molar-refractivity contribution in [3.05, 3.63) is 45.0 Å². The highest BCUT2D eigenvalue weighted by Gasteiger charge is 2.19. The van der Waals surface area contributed by atoms with Crippen LogP contribution in [0.25, 0.3) is 10.8 Å². The summed E-state index contributed by atoms with van der Waals surface area (Å²) in [7, 11) is 0. The van der Waals surface area contributed by atoms with E-state index in [-0.39, 0.29) is 27.9 Å². The smallest absolute Gasteiger partial charge is 0.272 e. The van der Waals surface area contributed by atoms with Crippen LogP contribution in [0.15, 0.2) is 38.8 Å². The highest BCUT2D eigenvalue weighted by atomic mass is 32.2. The lowest BCUT2D eigenvalue weighted by atomic mass is 10.2. The van der Waals surface area contributed by atoms with Gasteiger partial charge >= 0.3 is 0 Å². The van der Waals surface area contributed by atoms with Gasteiger partial charge in [0, 0.05) is 0 Å². The van der Waals surface area contributed by atoms with Crippen molar-refractivity contribution in [3.8, 4) is 0 Å². The van der Waals surface area contributed by atoms with Crippen LogP contribution in [0, 0.1) is 0 Å². The first-order valence-electron chi connectivity index (χ1n) is 5.15. The van der Waals surface area contributed by atoms with Gasteiger partial charge in [-0.15, -0.1) is 0 Å². The topological polar surface area (TPSA) is 84.3 Å². The van der Waals surface area contributed by atoms with E-state index in [4.69, 9.17) is 0 Å². The van der Waals surface area contributed by atoms with E-state index in [9.17, 15) is 14.4 Å². The Morgan fingerprint density at radius 1 is 1.17 bits per heavy atom. The molecule has 6 nitrogen and oxygen atoms in total. The van der Waals surface area contributed by atoms with Gasteiger partial charge in [-0.05, 0) is 12.1 Å². The average molecular weight is 261 g/mol. The molecule has 1 aromatic carbocycles. The van der Waals surface area contributed by atoms with Gasteiger partial charge in [0.05, 0.1) is 16.5 Å². The number of benzene rings is 1. The Bertz CT molecular complexity index is 803. The Labute approximate surface area is 104 Å². The molecule has 90 valence electrons. The maximum absolute atomic E-state index is 12.2. The van der Waals surface area contributed by atoms with Gasteiger partial charge < -0.3 is 0 Å². The van der Waals surface area contributed by atoms with Crippen LogP contribution in [-0.2, 0) is 4.79 Å². The normalized spacial score (nSPS) is 15.1. The lowest BCUT2D eigenvalue weighted by Gasteiger charge is -2.04. The summed E-state index contributed by atoms with van der Waals surface area (Å²) >= 11 is 1.13. The number of carbonyl (C=O) groups is 1. The number of thioether (sulfide) groups is 1. The van der Waals surface area contributed by atoms with E-state index in [0.717, 1.165) is 16.4 Å². The Morgan fingerprint density at radius 2 is 1.89 bits per heavy atom. The molecule has 1 aliphatic heterocycles. The van der Waals surface area contributed by atoms with Crippen molar-refractivity contribution in [3.63, 3.8) is 0 Å². The van der Waals surface area contributed by atoms with E-state index in [0.29, 0.717) is 10.8 Å². The molecule has 0 aliphatic carbocycles. The average Bonchev–Trinajstić information content (AvgIpc) is 2.80. The standard InChI is InChI=1S/C11H7N3O3S/c15-8-5-18-11(12-8)14-10(17)7-4-2-1-3-6(7)9(16)13-14/h1-4H,5H2,(H,13,16). The van der Waals surface area contributed by atoms with Crippen LogP contribution >= 0.6 is 11.8 Å². The first-order chi connectivity index (χ1) is 8.66. The van der Waals surface area contributed by atoms with Crippen LogP contribution in [0.2, 0.25) is 0 Å². The molecule has 7 heteroatoms.